The molecule has 0 aliphatic heterocycles. The van der Waals surface area contributed by atoms with Gasteiger partial charge in [0.1, 0.15) is 0 Å². The van der Waals surface area contributed by atoms with Crippen molar-refractivity contribution in [3.63, 3.8) is 0 Å². The zero-order valence-corrected chi connectivity index (χ0v) is 14.9. The van der Waals surface area contributed by atoms with Gasteiger partial charge in [0.15, 0.2) is 0 Å². The van der Waals surface area contributed by atoms with E-state index < -0.39 is 17.0 Å². The first kappa shape index (κ1) is 19.8. The Balaban J connectivity index is 1.94. The van der Waals surface area contributed by atoms with Crippen molar-refractivity contribution in [3.05, 3.63) is 54.1 Å². The van der Waals surface area contributed by atoms with Crippen LogP contribution in [0.3, 0.4) is 0 Å². The molecule has 0 fully saturated rings. The highest BCUT2D eigenvalue weighted by Gasteiger charge is 2.30. The number of halogens is 3. The Morgan fingerprint density at radius 1 is 0.923 bits per heavy atom. The minimum Gasteiger partial charge on any atom is -0.326 e. The van der Waals surface area contributed by atoms with Crippen molar-refractivity contribution in [3.8, 4) is 0 Å². The van der Waals surface area contributed by atoms with Crippen molar-refractivity contribution in [2.24, 2.45) is 0 Å². The van der Waals surface area contributed by atoms with Crippen molar-refractivity contribution in [1.82, 2.24) is 0 Å². The fourth-order valence-corrected chi connectivity index (χ4v) is 2.93. The number of benzene rings is 2. The Morgan fingerprint density at radius 2 is 1.42 bits per heavy atom. The van der Waals surface area contributed by atoms with Gasteiger partial charge in [-0.05, 0) is 55.5 Å². The van der Waals surface area contributed by atoms with Gasteiger partial charge in [-0.25, -0.2) is 0 Å². The average molecular weight is 382 g/mol. The Labute approximate surface area is 153 Å². The van der Waals surface area contributed by atoms with Crippen LogP contribution in [0.2, 0.25) is 0 Å². The second-order valence-corrected chi connectivity index (χ2v) is 6.94. The first-order valence-electron chi connectivity index (χ1n) is 7.67. The van der Waals surface area contributed by atoms with Crippen LogP contribution in [0.4, 0.5) is 24.5 Å². The van der Waals surface area contributed by atoms with Crippen LogP contribution in [0.15, 0.2) is 53.4 Å². The number of amides is 2. The summed E-state index contributed by atoms with van der Waals surface area (Å²) in [6, 6.07) is 11.3. The van der Waals surface area contributed by atoms with E-state index in [2.05, 4.69) is 10.6 Å². The maximum absolute atomic E-state index is 12.5. The number of hydrogen-bond acceptors (Lipinski definition) is 3. The van der Waals surface area contributed by atoms with E-state index in [0.717, 1.165) is 17.0 Å². The molecule has 2 rings (SSSR count). The molecule has 0 aromatic heterocycles. The van der Waals surface area contributed by atoms with E-state index in [1.54, 1.807) is 31.2 Å². The molecule has 0 bridgehead atoms. The molecule has 0 saturated carbocycles. The maximum Gasteiger partial charge on any atom is 0.416 e. The second kappa shape index (κ2) is 8.27. The molecule has 0 radical (unpaired) electrons. The monoisotopic (exact) mass is 382 g/mol. The van der Waals surface area contributed by atoms with Gasteiger partial charge in [0.05, 0.1) is 10.8 Å². The van der Waals surface area contributed by atoms with Gasteiger partial charge in [0, 0.05) is 23.2 Å². The minimum absolute atomic E-state index is 0.172. The summed E-state index contributed by atoms with van der Waals surface area (Å²) in [6.07, 6.45) is -4.41. The molecular weight excluding hydrogens is 365 g/mol. The maximum atomic E-state index is 12.5. The molecule has 2 amide bonds. The first-order valence-corrected chi connectivity index (χ1v) is 8.55. The highest BCUT2D eigenvalue weighted by atomic mass is 32.2. The quantitative estimate of drug-likeness (QED) is 0.732. The summed E-state index contributed by atoms with van der Waals surface area (Å²) >= 11 is 1.30. The van der Waals surface area contributed by atoms with E-state index in [1.165, 1.54) is 30.8 Å². The highest BCUT2D eigenvalue weighted by Crippen LogP contribution is 2.30. The van der Waals surface area contributed by atoms with Crippen LogP contribution in [0.1, 0.15) is 19.4 Å². The molecule has 0 unspecified atom stereocenters. The lowest BCUT2D eigenvalue weighted by atomic mass is 10.2. The summed E-state index contributed by atoms with van der Waals surface area (Å²) in [4.78, 5) is 24.0. The average Bonchev–Trinajstić information content (AvgIpc) is 2.55. The predicted octanol–water partition coefficient (Wildman–Crippen LogP) is 4.78. The van der Waals surface area contributed by atoms with E-state index in [9.17, 15) is 22.8 Å². The normalized spacial score (nSPS) is 12.3. The van der Waals surface area contributed by atoms with Crippen molar-refractivity contribution in [1.29, 1.82) is 0 Å². The third-order valence-corrected chi connectivity index (χ3v) is 4.45. The molecular formula is C18H17F3N2O2S. The fraction of sp³-hybridized carbons (Fsp3) is 0.222. The number of alkyl halides is 3. The Bertz CT molecular complexity index is 775. The van der Waals surface area contributed by atoms with Gasteiger partial charge >= 0.3 is 6.18 Å². The summed E-state index contributed by atoms with van der Waals surface area (Å²) in [5.74, 6) is -0.490. The topological polar surface area (TPSA) is 58.2 Å². The minimum atomic E-state index is -4.41. The molecule has 2 N–H and O–H groups in total. The van der Waals surface area contributed by atoms with Crippen LogP contribution < -0.4 is 10.6 Å². The number of thioether (sulfide) groups is 1. The van der Waals surface area contributed by atoms with Gasteiger partial charge in [-0.15, -0.1) is 11.8 Å². The largest absolute Gasteiger partial charge is 0.416 e. The summed E-state index contributed by atoms with van der Waals surface area (Å²) in [5.41, 5.74) is 0.192. The number of hydrogen-bond donors (Lipinski definition) is 2. The molecule has 0 aliphatic carbocycles. The predicted molar refractivity (Wildman–Crippen MR) is 96.1 cm³/mol. The first-order chi connectivity index (χ1) is 12.1. The standard InChI is InChI=1S/C18H17F3N2O2S/c1-11(26-16-9-7-14(8-10-16)22-12(2)24)17(25)23-15-5-3-13(4-6-15)18(19,20)21/h3-11H,1-2H3,(H,22,24)(H,23,25)/t11-/m1/s1. The van der Waals surface area contributed by atoms with Gasteiger partial charge in [-0.2, -0.15) is 13.2 Å². The van der Waals surface area contributed by atoms with Gasteiger partial charge < -0.3 is 10.6 Å². The lowest BCUT2D eigenvalue weighted by molar-refractivity contribution is -0.137. The molecule has 138 valence electrons. The number of anilines is 2. The molecule has 26 heavy (non-hydrogen) atoms. The molecule has 1 atom stereocenters. The number of rotatable bonds is 5. The van der Waals surface area contributed by atoms with Crippen molar-refractivity contribution in [2.75, 3.05) is 10.6 Å². The zero-order valence-electron chi connectivity index (χ0n) is 14.1. The van der Waals surface area contributed by atoms with Crippen LogP contribution in [0.25, 0.3) is 0 Å². The second-order valence-electron chi connectivity index (χ2n) is 5.53. The van der Waals surface area contributed by atoms with Crippen LogP contribution in [0.5, 0.6) is 0 Å². The summed E-state index contributed by atoms with van der Waals surface area (Å²) < 4.78 is 37.6. The molecule has 4 nitrogen and oxygen atoms in total. The van der Waals surface area contributed by atoms with Gasteiger partial charge in [-0.3, -0.25) is 9.59 Å². The molecule has 0 aliphatic rings. The van der Waals surface area contributed by atoms with Gasteiger partial charge in [-0.1, -0.05) is 0 Å². The third-order valence-electron chi connectivity index (χ3n) is 3.34. The molecule has 2 aromatic rings. The van der Waals surface area contributed by atoms with Crippen molar-refractivity contribution < 1.29 is 22.8 Å². The highest BCUT2D eigenvalue weighted by molar-refractivity contribution is 8.00. The summed E-state index contributed by atoms with van der Waals surface area (Å²) in [7, 11) is 0. The van der Waals surface area contributed by atoms with Crippen LogP contribution in [-0.4, -0.2) is 17.1 Å². The van der Waals surface area contributed by atoms with Crippen LogP contribution in [0, 0.1) is 0 Å². The Kier molecular flexibility index (Phi) is 6.31. The summed E-state index contributed by atoms with van der Waals surface area (Å²) in [5, 5.41) is 4.79. The van der Waals surface area contributed by atoms with E-state index in [0.29, 0.717) is 11.4 Å². The van der Waals surface area contributed by atoms with Crippen LogP contribution in [-0.2, 0) is 15.8 Å². The van der Waals surface area contributed by atoms with Gasteiger partial charge in [0.25, 0.3) is 0 Å². The molecule has 8 heteroatoms. The number of carbonyl (C=O) groups excluding carboxylic acids is 2. The Morgan fingerprint density at radius 3 is 1.92 bits per heavy atom. The van der Waals surface area contributed by atoms with Crippen molar-refractivity contribution in [2.45, 2.75) is 30.2 Å². The SMILES string of the molecule is CC(=O)Nc1ccc(S[C@H](C)C(=O)Nc2ccc(C(F)(F)F)cc2)cc1. The summed E-state index contributed by atoms with van der Waals surface area (Å²) in [6.45, 7) is 3.11. The zero-order chi connectivity index (χ0) is 19.3. The van der Waals surface area contributed by atoms with E-state index >= 15 is 0 Å². The van der Waals surface area contributed by atoms with Crippen LogP contribution >= 0.6 is 11.8 Å². The smallest absolute Gasteiger partial charge is 0.326 e. The molecule has 2 aromatic carbocycles. The van der Waals surface area contributed by atoms with Gasteiger partial charge in [0.2, 0.25) is 11.8 Å². The lowest BCUT2D eigenvalue weighted by Gasteiger charge is -2.13. The molecule has 0 heterocycles. The van der Waals surface area contributed by atoms with E-state index in [1.807, 2.05) is 0 Å². The van der Waals surface area contributed by atoms with E-state index in [-0.39, 0.29) is 11.8 Å². The lowest BCUT2D eigenvalue weighted by Crippen LogP contribution is -2.22. The van der Waals surface area contributed by atoms with Crippen molar-refractivity contribution >= 4 is 35.0 Å². The third kappa shape index (κ3) is 5.80. The molecule has 0 saturated heterocycles. The Hall–Kier alpha value is -2.48. The molecule has 0 spiro atoms. The number of carbonyl (C=O) groups is 2. The van der Waals surface area contributed by atoms with E-state index in [4.69, 9.17) is 0 Å². The fourth-order valence-electron chi connectivity index (χ4n) is 2.06. The number of nitrogens with one attached hydrogen (secondary N) is 2.